The molecule has 47 heavy (non-hydrogen) atoms. The smallest absolute Gasteiger partial charge is 0.243 e. The Labute approximate surface area is 280 Å². The van der Waals surface area contributed by atoms with Crippen molar-refractivity contribution in [2.45, 2.75) is 109 Å². The van der Waals surface area contributed by atoms with Crippen LogP contribution < -0.4 is 10.6 Å². The number of carbonyl (C=O) groups is 3. The van der Waals surface area contributed by atoms with Gasteiger partial charge in [0.25, 0.3) is 0 Å². The van der Waals surface area contributed by atoms with E-state index in [9.17, 15) is 24.6 Å². The van der Waals surface area contributed by atoms with Gasteiger partial charge in [-0.05, 0) is 48.8 Å². The first kappa shape index (κ1) is 37.7. The van der Waals surface area contributed by atoms with Gasteiger partial charge in [0.15, 0.2) is 0 Å². The van der Waals surface area contributed by atoms with Crippen molar-refractivity contribution in [1.29, 1.82) is 0 Å². The van der Waals surface area contributed by atoms with Gasteiger partial charge in [0.2, 0.25) is 17.7 Å². The van der Waals surface area contributed by atoms with Gasteiger partial charge in [0, 0.05) is 44.7 Å². The monoisotopic (exact) mass is 646 g/mol. The molecule has 3 amide bonds. The molecule has 0 saturated heterocycles. The van der Waals surface area contributed by atoms with Crippen molar-refractivity contribution in [2.24, 2.45) is 17.8 Å². The van der Waals surface area contributed by atoms with Crippen LogP contribution in [-0.4, -0.2) is 75.7 Å². The number of nitrogens with zero attached hydrogens (tertiary/aromatic N) is 2. The number of nitrogens with one attached hydrogen (secondary N) is 2. The number of benzene rings is 1. The summed E-state index contributed by atoms with van der Waals surface area (Å²) in [6.07, 6.45) is 12.3. The second-order valence-corrected chi connectivity index (χ2v) is 13.5. The Morgan fingerprint density at radius 3 is 2.34 bits per heavy atom. The van der Waals surface area contributed by atoms with Crippen LogP contribution in [0.1, 0.15) is 82.9 Å². The number of terminal acetylenes is 1. The molecule has 1 fully saturated rings. The minimum absolute atomic E-state index is 0.0474. The maximum Gasteiger partial charge on any atom is 0.243 e. The predicted octanol–water partition coefficient (Wildman–Crippen LogP) is 4.06. The first-order valence-electron chi connectivity index (χ1n) is 17.2. The lowest BCUT2D eigenvalue weighted by molar-refractivity contribution is -0.136. The third kappa shape index (κ3) is 13.1. The first-order chi connectivity index (χ1) is 22.6. The largest absolute Gasteiger partial charge is 0.390 e. The highest BCUT2D eigenvalue weighted by Gasteiger charge is 2.34. The van der Waals surface area contributed by atoms with Crippen LogP contribution in [0.4, 0.5) is 0 Å². The highest BCUT2D eigenvalue weighted by Crippen LogP contribution is 2.29. The average Bonchev–Trinajstić information content (AvgIpc) is 3.07. The number of hydrogen-bond acceptors (Lipinski definition) is 6. The van der Waals surface area contributed by atoms with Gasteiger partial charge in [-0.1, -0.05) is 82.3 Å². The fraction of sp³-hybridized carbons (Fsp3) is 0.579. The number of likely N-dealkylation sites (N-methyl/N-ethyl adjacent to an activating group) is 1. The molecule has 1 aliphatic rings. The molecule has 256 valence electrons. The summed E-state index contributed by atoms with van der Waals surface area (Å²) in [5, 5.41) is 27.8. The van der Waals surface area contributed by atoms with Gasteiger partial charge in [0.05, 0.1) is 18.1 Å². The maximum atomic E-state index is 13.8. The highest BCUT2D eigenvalue weighted by molar-refractivity contribution is 5.91. The number of pyridine rings is 1. The van der Waals surface area contributed by atoms with Crippen LogP contribution in [0.2, 0.25) is 0 Å². The molecule has 2 aromatic rings. The van der Waals surface area contributed by atoms with E-state index in [0.717, 1.165) is 36.9 Å². The molecule has 4 N–H and O–H groups in total. The normalized spacial score (nSPS) is 16.7. The molecule has 5 atom stereocenters. The Morgan fingerprint density at radius 1 is 1.00 bits per heavy atom. The number of aliphatic hydroxyl groups excluding tert-OH is 2. The summed E-state index contributed by atoms with van der Waals surface area (Å²) in [6, 6.07) is 13.4. The van der Waals surface area contributed by atoms with Crippen molar-refractivity contribution >= 4 is 17.7 Å². The van der Waals surface area contributed by atoms with E-state index in [2.05, 4.69) is 21.5 Å². The Bertz CT molecular complexity index is 1280. The minimum Gasteiger partial charge on any atom is -0.390 e. The van der Waals surface area contributed by atoms with Crippen molar-refractivity contribution in [3.63, 3.8) is 0 Å². The van der Waals surface area contributed by atoms with E-state index in [1.54, 1.807) is 18.1 Å². The molecule has 0 aliphatic heterocycles. The van der Waals surface area contributed by atoms with Gasteiger partial charge in [-0.25, -0.2) is 0 Å². The molecule has 0 bridgehead atoms. The summed E-state index contributed by atoms with van der Waals surface area (Å²) in [5.74, 6) is 1.10. The van der Waals surface area contributed by atoms with Crippen LogP contribution in [0, 0.1) is 30.1 Å². The topological polar surface area (TPSA) is 132 Å². The summed E-state index contributed by atoms with van der Waals surface area (Å²) >= 11 is 0. The number of hydrogen-bond donors (Lipinski definition) is 4. The van der Waals surface area contributed by atoms with Crippen molar-refractivity contribution in [3.8, 4) is 12.3 Å². The molecule has 9 heteroatoms. The summed E-state index contributed by atoms with van der Waals surface area (Å²) in [7, 11) is 1.71. The van der Waals surface area contributed by atoms with E-state index in [0.29, 0.717) is 38.1 Å². The molecule has 1 aliphatic carbocycles. The number of aromatic nitrogens is 1. The standard InChI is InChI=1S/C38H54N4O5/c1-5-14-32(38(47)41-33(25-29-17-10-7-11-18-29)36(45)34(43)23-27(2)3)40-37(46)30(24-28-15-8-6-9-16-28)26-35(44)42(4)22-20-31-19-12-13-21-39-31/h1,6,8-9,12-13,15-16,19,21,27,29-30,32-34,36,43,45H,7,10-11,14,17-18,20,22-26H2,2-4H3,(H,40,46)(H,41,47)/t30-,32+,33?,34+,36-/m0/s1. The lowest BCUT2D eigenvalue weighted by Crippen LogP contribution is -2.56. The number of carbonyl (C=O) groups excluding carboxylic acids is 3. The Morgan fingerprint density at radius 2 is 1.70 bits per heavy atom. The van der Waals surface area contributed by atoms with Gasteiger partial charge < -0.3 is 25.7 Å². The quantitative estimate of drug-likeness (QED) is 0.181. The molecular formula is C38H54N4O5. The first-order valence-corrected chi connectivity index (χ1v) is 17.2. The van der Waals surface area contributed by atoms with Crippen LogP contribution in [0.3, 0.4) is 0 Å². The molecule has 3 rings (SSSR count). The van der Waals surface area contributed by atoms with Gasteiger partial charge in [0.1, 0.15) is 12.1 Å². The highest BCUT2D eigenvalue weighted by atomic mass is 16.3. The molecule has 1 saturated carbocycles. The lowest BCUT2D eigenvalue weighted by Gasteiger charge is -2.33. The zero-order valence-corrected chi connectivity index (χ0v) is 28.3. The minimum atomic E-state index is -1.16. The Kier molecular flexibility index (Phi) is 15.9. The van der Waals surface area contributed by atoms with Gasteiger partial charge in [-0.2, -0.15) is 0 Å². The van der Waals surface area contributed by atoms with Gasteiger partial charge in [-0.15, -0.1) is 12.3 Å². The zero-order chi connectivity index (χ0) is 34.2. The van der Waals surface area contributed by atoms with E-state index >= 15 is 0 Å². The summed E-state index contributed by atoms with van der Waals surface area (Å²) in [5.41, 5.74) is 1.77. The van der Waals surface area contributed by atoms with Crippen molar-refractivity contribution in [2.75, 3.05) is 13.6 Å². The second-order valence-electron chi connectivity index (χ2n) is 13.5. The number of aliphatic hydroxyl groups is 2. The second kappa shape index (κ2) is 19.8. The lowest BCUT2D eigenvalue weighted by atomic mass is 9.82. The molecule has 1 aromatic carbocycles. The molecule has 1 heterocycles. The number of rotatable bonds is 18. The van der Waals surface area contributed by atoms with Crippen molar-refractivity contribution in [1.82, 2.24) is 20.5 Å². The molecule has 1 unspecified atom stereocenters. The molecule has 0 radical (unpaired) electrons. The number of amides is 3. The Hall–Kier alpha value is -3.74. The predicted molar refractivity (Wildman–Crippen MR) is 184 cm³/mol. The third-order valence-corrected chi connectivity index (χ3v) is 9.09. The zero-order valence-electron chi connectivity index (χ0n) is 28.3. The summed E-state index contributed by atoms with van der Waals surface area (Å²) in [6.45, 7) is 4.39. The van der Waals surface area contributed by atoms with Crippen molar-refractivity contribution in [3.05, 3.63) is 66.0 Å². The van der Waals surface area contributed by atoms with Crippen LogP contribution in [0.5, 0.6) is 0 Å². The van der Waals surface area contributed by atoms with E-state index in [-0.39, 0.29) is 24.7 Å². The van der Waals surface area contributed by atoms with Gasteiger partial charge in [-0.3, -0.25) is 19.4 Å². The van der Waals surface area contributed by atoms with E-state index < -0.39 is 42.0 Å². The molecule has 0 spiro atoms. The van der Waals surface area contributed by atoms with E-state index in [4.69, 9.17) is 6.42 Å². The fourth-order valence-corrected chi connectivity index (χ4v) is 6.33. The third-order valence-electron chi connectivity index (χ3n) is 9.09. The van der Waals surface area contributed by atoms with Crippen LogP contribution >= 0.6 is 0 Å². The SMILES string of the molecule is C#CC[C@@H](NC(=O)[C@H](CC(=O)N(C)CCc1ccccn1)Cc1ccccc1)C(=O)NC(CC1CCCCC1)[C@H](O)[C@H](O)CC(C)C. The van der Waals surface area contributed by atoms with E-state index in [1.807, 2.05) is 62.4 Å². The Balaban J connectivity index is 1.73. The fourth-order valence-electron chi connectivity index (χ4n) is 6.33. The average molecular weight is 647 g/mol. The van der Waals surface area contributed by atoms with Crippen LogP contribution in [0.15, 0.2) is 54.7 Å². The van der Waals surface area contributed by atoms with Crippen LogP contribution in [0.25, 0.3) is 0 Å². The van der Waals surface area contributed by atoms with Crippen molar-refractivity contribution < 1.29 is 24.6 Å². The molecule has 9 nitrogen and oxygen atoms in total. The maximum absolute atomic E-state index is 13.8. The van der Waals surface area contributed by atoms with Crippen LogP contribution in [-0.2, 0) is 27.2 Å². The van der Waals surface area contributed by atoms with Gasteiger partial charge >= 0.3 is 0 Å². The summed E-state index contributed by atoms with van der Waals surface area (Å²) < 4.78 is 0. The summed E-state index contributed by atoms with van der Waals surface area (Å²) in [4.78, 5) is 46.8. The molecule has 1 aromatic heterocycles. The van der Waals surface area contributed by atoms with E-state index in [1.165, 1.54) is 6.42 Å². The molecular weight excluding hydrogens is 592 g/mol.